The first kappa shape index (κ1) is 12.6. The lowest BCUT2D eigenvalue weighted by atomic mass is 9.98. The molecule has 1 N–H and O–H groups in total. The quantitative estimate of drug-likeness (QED) is 0.893. The highest BCUT2D eigenvalue weighted by Gasteiger charge is 2.26. The van der Waals surface area contributed by atoms with Crippen LogP contribution in [-0.2, 0) is 4.74 Å². The number of fused-ring (bicyclic) bond motifs is 1. The number of halogens is 1. The summed E-state index contributed by atoms with van der Waals surface area (Å²) in [5.74, 6) is 0. The largest absolute Gasteiger partial charge is 0.386 e. The number of thiophene rings is 1. The molecule has 0 aliphatic carbocycles. The predicted molar refractivity (Wildman–Crippen MR) is 78.1 cm³/mol. The van der Waals surface area contributed by atoms with Crippen molar-refractivity contribution < 1.29 is 9.84 Å². The van der Waals surface area contributed by atoms with Crippen LogP contribution in [0.2, 0.25) is 0 Å². The molecule has 2 atom stereocenters. The van der Waals surface area contributed by atoms with Crippen molar-refractivity contribution in [2.45, 2.75) is 31.5 Å². The van der Waals surface area contributed by atoms with Crippen LogP contribution in [0.3, 0.4) is 0 Å². The lowest BCUT2D eigenvalue weighted by Crippen LogP contribution is -2.26. The molecule has 1 aromatic heterocycles. The van der Waals surface area contributed by atoms with Crippen LogP contribution in [-0.4, -0.2) is 17.8 Å². The van der Waals surface area contributed by atoms with E-state index in [9.17, 15) is 5.11 Å². The molecule has 0 saturated carbocycles. The molecule has 1 aromatic carbocycles. The van der Waals surface area contributed by atoms with E-state index < -0.39 is 6.10 Å². The van der Waals surface area contributed by atoms with Crippen molar-refractivity contribution in [2.24, 2.45) is 0 Å². The van der Waals surface area contributed by atoms with Crippen molar-refractivity contribution in [1.82, 2.24) is 0 Å². The van der Waals surface area contributed by atoms with Crippen molar-refractivity contribution in [1.29, 1.82) is 0 Å². The second-order valence-corrected chi connectivity index (χ2v) is 6.39. The van der Waals surface area contributed by atoms with E-state index in [4.69, 9.17) is 4.74 Å². The van der Waals surface area contributed by atoms with Crippen LogP contribution >= 0.6 is 27.3 Å². The normalized spacial score (nSPS) is 22.2. The number of benzene rings is 1. The fourth-order valence-corrected chi connectivity index (χ4v) is 4.14. The van der Waals surface area contributed by atoms with Gasteiger partial charge < -0.3 is 9.84 Å². The molecule has 0 amide bonds. The number of hydrogen-bond donors (Lipinski definition) is 1. The maximum absolute atomic E-state index is 10.5. The van der Waals surface area contributed by atoms with Gasteiger partial charge in [-0.25, -0.2) is 0 Å². The Morgan fingerprint density at radius 3 is 3.06 bits per heavy atom. The summed E-state index contributed by atoms with van der Waals surface area (Å²) >= 11 is 5.22. The molecule has 0 bridgehead atoms. The molecule has 2 unspecified atom stereocenters. The number of ether oxygens (including phenoxy) is 1. The standard InChI is InChI=1S/C14H15BrO2S/c15-11-5-3-4-9-10(8-18-14(9)11)13(16)12-6-1-2-7-17-12/h3-5,8,12-13,16H,1-2,6-7H2. The highest BCUT2D eigenvalue weighted by atomic mass is 79.9. The van der Waals surface area contributed by atoms with Crippen LogP contribution in [0.25, 0.3) is 10.1 Å². The minimum atomic E-state index is -0.506. The Morgan fingerprint density at radius 1 is 1.39 bits per heavy atom. The van der Waals surface area contributed by atoms with E-state index in [2.05, 4.69) is 27.4 Å². The molecule has 1 fully saturated rings. The van der Waals surface area contributed by atoms with Gasteiger partial charge in [0.2, 0.25) is 0 Å². The highest BCUT2D eigenvalue weighted by molar-refractivity contribution is 9.10. The van der Waals surface area contributed by atoms with Crippen LogP contribution in [0.4, 0.5) is 0 Å². The first-order valence-electron chi connectivity index (χ1n) is 6.22. The fraction of sp³-hybridized carbons (Fsp3) is 0.429. The third-order valence-corrected chi connectivity index (χ3v) is 5.44. The SMILES string of the molecule is OC(c1csc2c(Br)cccc12)C1CCCCO1. The number of aliphatic hydroxyl groups excluding tert-OH is 1. The first-order valence-corrected chi connectivity index (χ1v) is 7.90. The first-order chi connectivity index (χ1) is 8.77. The molecular formula is C14H15BrO2S. The third kappa shape index (κ3) is 2.23. The highest BCUT2D eigenvalue weighted by Crippen LogP contribution is 2.37. The molecule has 18 heavy (non-hydrogen) atoms. The molecule has 2 aromatic rings. The fourth-order valence-electron chi connectivity index (χ4n) is 2.49. The van der Waals surface area contributed by atoms with Crippen molar-refractivity contribution >= 4 is 37.4 Å². The van der Waals surface area contributed by atoms with E-state index in [-0.39, 0.29) is 6.10 Å². The van der Waals surface area contributed by atoms with Crippen molar-refractivity contribution in [3.63, 3.8) is 0 Å². The average molecular weight is 327 g/mol. The third-order valence-electron chi connectivity index (χ3n) is 3.47. The van der Waals surface area contributed by atoms with Gasteiger partial charge in [-0.3, -0.25) is 0 Å². The molecule has 1 aliphatic rings. The lowest BCUT2D eigenvalue weighted by molar-refractivity contribution is -0.0627. The van der Waals surface area contributed by atoms with Crippen LogP contribution < -0.4 is 0 Å². The van der Waals surface area contributed by atoms with E-state index >= 15 is 0 Å². The zero-order valence-corrected chi connectivity index (χ0v) is 12.3. The van der Waals surface area contributed by atoms with Gasteiger partial charge in [0.1, 0.15) is 6.10 Å². The van der Waals surface area contributed by atoms with Crippen LogP contribution in [0.1, 0.15) is 30.9 Å². The molecule has 3 rings (SSSR count). The van der Waals surface area contributed by atoms with Gasteiger partial charge in [0.25, 0.3) is 0 Å². The Balaban J connectivity index is 1.96. The second-order valence-electron chi connectivity index (χ2n) is 4.66. The summed E-state index contributed by atoms with van der Waals surface area (Å²) in [4.78, 5) is 0. The van der Waals surface area contributed by atoms with Gasteiger partial charge in [0.05, 0.1) is 6.10 Å². The molecular weight excluding hydrogens is 312 g/mol. The molecule has 2 nitrogen and oxygen atoms in total. The zero-order chi connectivity index (χ0) is 12.5. The lowest BCUT2D eigenvalue weighted by Gasteiger charge is -2.27. The second kappa shape index (κ2) is 5.29. The average Bonchev–Trinajstić information content (AvgIpc) is 2.84. The zero-order valence-electron chi connectivity index (χ0n) is 9.93. The monoisotopic (exact) mass is 326 g/mol. The smallest absolute Gasteiger partial charge is 0.107 e. The molecule has 96 valence electrons. The van der Waals surface area contributed by atoms with E-state index in [0.29, 0.717) is 0 Å². The Hall–Kier alpha value is -0.420. The number of hydrogen-bond acceptors (Lipinski definition) is 3. The summed E-state index contributed by atoms with van der Waals surface area (Å²) in [7, 11) is 0. The van der Waals surface area contributed by atoms with Gasteiger partial charge in [-0.15, -0.1) is 11.3 Å². The Bertz CT molecular complexity index is 546. The molecule has 0 spiro atoms. The number of rotatable bonds is 2. The van der Waals surface area contributed by atoms with Gasteiger partial charge in [-0.05, 0) is 52.0 Å². The Morgan fingerprint density at radius 2 is 2.28 bits per heavy atom. The van der Waals surface area contributed by atoms with Crippen LogP contribution in [0.5, 0.6) is 0 Å². The van der Waals surface area contributed by atoms with Crippen molar-refractivity contribution in [3.05, 3.63) is 33.6 Å². The Kier molecular flexibility index (Phi) is 3.71. The molecule has 1 aliphatic heterocycles. The van der Waals surface area contributed by atoms with E-state index in [1.54, 1.807) is 11.3 Å². The minimum Gasteiger partial charge on any atom is -0.386 e. The maximum atomic E-state index is 10.5. The molecule has 1 saturated heterocycles. The van der Waals surface area contributed by atoms with E-state index in [0.717, 1.165) is 41.3 Å². The summed E-state index contributed by atoms with van der Waals surface area (Å²) in [5.41, 5.74) is 1.00. The maximum Gasteiger partial charge on any atom is 0.107 e. The molecule has 2 heterocycles. The molecule has 4 heteroatoms. The van der Waals surface area contributed by atoms with Gasteiger partial charge in [0, 0.05) is 21.3 Å². The van der Waals surface area contributed by atoms with Crippen molar-refractivity contribution in [3.8, 4) is 0 Å². The predicted octanol–water partition coefficient (Wildman–Crippen LogP) is 4.27. The Labute approximate surface area is 119 Å². The van der Waals surface area contributed by atoms with Gasteiger partial charge in [-0.2, -0.15) is 0 Å². The van der Waals surface area contributed by atoms with Gasteiger partial charge >= 0.3 is 0 Å². The van der Waals surface area contributed by atoms with Crippen LogP contribution in [0, 0.1) is 0 Å². The summed E-state index contributed by atoms with van der Waals surface area (Å²) in [5, 5.41) is 13.7. The van der Waals surface area contributed by atoms with Gasteiger partial charge in [0.15, 0.2) is 0 Å². The summed E-state index contributed by atoms with van der Waals surface area (Å²) in [6, 6.07) is 6.11. The summed E-state index contributed by atoms with van der Waals surface area (Å²) in [6.07, 6.45) is 2.66. The van der Waals surface area contributed by atoms with Crippen molar-refractivity contribution in [2.75, 3.05) is 6.61 Å². The summed E-state index contributed by atoms with van der Waals surface area (Å²) in [6.45, 7) is 0.771. The van der Waals surface area contributed by atoms with Crippen LogP contribution in [0.15, 0.2) is 28.1 Å². The topological polar surface area (TPSA) is 29.5 Å². The molecule has 0 radical (unpaired) electrons. The summed E-state index contributed by atoms with van der Waals surface area (Å²) < 4.78 is 7.97. The van der Waals surface area contributed by atoms with Gasteiger partial charge in [-0.1, -0.05) is 12.1 Å². The van der Waals surface area contributed by atoms with E-state index in [1.165, 1.54) is 4.70 Å². The number of aliphatic hydroxyl groups is 1. The minimum absolute atomic E-state index is 0.0458. The van der Waals surface area contributed by atoms with E-state index in [1.807, 2.05) is 12.1 Å².